The van der Waals surface area contributed by atoms with Crippen molar-refractivity contribution in [2.45, 2.75) is 0 Å². The molecule has 118 valence electrons. The molecule has 1 aromatic rings. The smallest absolute Gasteiger partial charge is 0.378 e. The Bertz CT molecular complexity index is 699. The van der Waals surface area contributed by atoms with Crippen LogP contribution in [0.25, 0.3) is 5.76 Å². The second-order valence-corrected chi connectivity index (χ2v) is 6.05. The number of hydrogen-bond donors (Lipinski definition) is 2. The second kappa shape index (κ2) is 7.77. The van der Waals surface area contributed by atoms with Gasteiger partial charge in [0.25, 0.3) is 5.78 Å². The molecular formula is C12H4Cl6O4. The Morgan fingerprint density at radius 3 is 1.68 bits per heavy atom. The summed E-state index contributed by atoms with van der Waals surface area (Å²) in [6, 6.07) is 2.57. The summed E-state index contributed by atoms with van der Waals surface area (Å²) in [6.45, 7) is 0. The fourth-order valence-corrected chi connectivity index (χ4v) is 2.86. The first-order valence-electron chi connectivity index (χ1n) is 5.14. The molecule has 0 aliphatic rings. The van der Waals surface area contributed by atoms with E-state index in [1.54, 1.807) is 0 Å². The predicted molar refractivity (Wildman–Crippen MR) is 88.2 cm³/mol. The van der Waals surface area contributed by atoms with Crippen LogP contribution in [0.15, 0.2) is 27.2 Å². The number of rotatable bonds is 4. The van der Waals surface area contributed by atoms with Gasteiger partial charge in [-0.3, -0.25) is 4.79 Å². The molecule has 22 heavy (non-hydrogen) atoms. The van der Waals surface area contributed by atoms with E-state index in [0.29, 0.717) is 0 Å². The maximum absolute atomic E-state index is 11.2. The van der Waals surface area contributed by atoms with E-state index < -0.39 is 32.6 Å². The Morgan fingerprint density at radius 2 is 1.27 bits per heavy atom. The van der Waals surface area contributed by atoms with Gasteiger partial charge in [0, 0.05) is 5.02 Å². The zero-order valence-corrected chi connectivity index (χ0v) is 14.7. The molecule has 0 saturated heterocycles. The topological polar surface area (TPSA) is 74.6 Å². The average molecular weight is 425 g/mol. The standard InChI is InChI=1S/C12H4Cl6O4/c13-3-1-4(14)6(5(15)2-3)10(19)8(17)7(16)9(18)11(20)12(21)22/h1-2,19H,(H,21,22)/b9-7+,10-8+. The third kappa shape index (κ3) is 4.22. The summed E-state index contributed by atoms with van der Waals surface area (Å²) < 4.78 is 0. The summed E-state index contributed by atoms with van der Waals surface area (Å²) in [5, 5.41) is 16.6. The SMILES string of the molecule is O=C(O)C(=O)/C(Cl)=C(Cl)/C(Cl)=C(\O)c1c(Cl)cc(Cl)cc1Cl. The first-order chi connectivity index (χ1) is 10.1. The Morgan fingerprint density at radius 1 is 0.818 bits per heavy atom. The largest absolute Gasteiger partial charge is 0.506 e. The molecule has 0 atom stereocenters. The van der Waals surface area contributed by atoms with E-state index in [1.165, 1.54) is 12.1 Å². The summed E-state index contributed by atoms with van der Waals surface area (Å²) in [7, 11) is 0. The van der Waals surface area contributed by atoms with Crippen molar-refractivity contribution >= 4 is 87.1 Å². The number of carbonyl (C=O) groups excluding carboxylic acids is 1. The number of ketones is 1. The monoisotopic (exact) mass is 422 g/mol. The number of allylic oxidation sites excluding steroid dienone is 2. The van der Waals surface area contributed by atoms with Gasteiger partial charge in [-0.1, -0.05) is 69.6 Å². The van der Waals surface area contributed by atoms with E-state index in [9.17, 15) is 14.7 Å². The van der Waals surface area contributed by atoms with Crippen molar-refractivity contribution in [1.82, 2.24) is 0 Å². The molecule has 0 aliphatic carbocycles. The summed E-state index contributed by atoms with van der Waals surface area (Å²) in [6.07, 6.45) is 0. The van der Waals surface area contributed by atoms with E-state index in [0.717, 1.165) is 0 Å². The van der Waals surface area contributed by atoms with Crippen LogP contribution >= 0.6 is 69.6 Å². The molecule has 1 rings (SSSR count). The van der Waals surface area contributed by atoms with Gasteiger partial charge in [0.05, 0.1) is 20.6 Å². The third-order valence-corrected chi connectivity index (χ3v) is 4.35. The molecule has 0 bridgehead atoms. The highest BCUT2D eigenvalue weighted by molar-refractivity contribution is 6.61. The molecule has 4 nitrogen and oxygen atoms in total. The normalized spacial score (nSPS) is 13.4. The fraction of sp³-hybridized carbons (Fsp3) is 0. The van der Waals surface area contributed by atoms with Gasteiger partial charge >= 0.3 is 5.97 Å². The van der Waals surface area contributed by atoms with Gasteiger partial charge in [-0.25, -0.2) is 4.79 Å². The van der Waals surface area contributed by atoms with E-state index in [2.05, 4.69) is 0 Å². The van der Waals surface area contributed by atoms with E-state index in [4.69, 9.17) is 74.7 Å². The minimum atomic E-state index is -1.84. The van der Waals surface area contributed by atoms with Crippen molar-refractivity contribution in [3.05, 3.63) is 47.9 Å². The zero-order valence-electron chi connectivity index (χ0n) is 10.1. The average Bonchev–Trinajstić information content (AvgIpc) is 2.42. The molecule has 0 amide bonds. The molecule has 0 fully saturated rings. The van der Waals surface area contributed by atoms with E-state index in [1.807, 2.05) is 0 Å². The van der Waals surface area contributed by atoms with E-state index in [-0.39, 0.29) is 20.6 Å². The lowest BCUT2D eigenvalue weighted by Gasteiger charge is -2.09. The van der Waals surface area contributed by atoms with Crippen molar-refractivity contribution < 1.29 is 19.8 Å². The number of aliphatic carboxylic acids is 1. The summed E-state index contributed by atoms with van der Waals surface area (Å²) >= 11 is 34.5. The van der Waals surface area contributed by atoms with Crippen LogP contribution in [0.1, 0.15) is 5.56 Å². The number of carboxylic acid groups (broad SMARTS) is 1. The molecule has 0 radical (unpaired) electrons. The number of halogens is 6. The van der Waals surface area contributed by atoms with Crippen LogP contribution in [-0.4, -0.2) is 22.0 Å². The van der Waals surface area contributed by atoms with Crippen LogP contribution in [-0.2, 0) is 9.59 Å². The summed E-state index contributed by atoms with van der Waals surface area (Å²) in [4.78, 5) is 21.8. The Labute approximate surface area is 154 Å². The Hall–Kier alpha value is -0.620. The van der Waals surface area contributed by atoms with Gasteiger partial charge < -0.3 is 10.2 Å². The minimum Gasteiger partial charge on any atom is -0.506 e. The predicted octanol–water partition coefficient (Wildman–Crippen LogP) is 5.46. The maximum atomic E-state index is 11.2. The number of Topliss-reactive ketones (excluding diaryl/α,β-unsaturated/α-hetero) is 1. The van der Waals surface area contributed by atoms with Crippen LogP contribution in [0.2, 0.25) is 15.1 Å². The first kappa shape index (κ1) is 19.4. The molecule has 0 spiro atoms. The van der Waals surface area contributed by atoms with Crippen molar-refractivity contribution in [3.8, 4) is 0 Å². The van der Waals surface area contributed by atoms with Crippen LogP contribution in [0.4, 0.5) is 0 Å². The third-order valence-electron chi connectivity index (χ3n) is 2.23. The molecule has 0 aliphatic heterocycles. The zero-order chi connectivity index (χ0) is 17.2. The van der Waals surface area contributed by atoms with Crippen LogP contribution in [0.3, 0.4) is 0 Å². The van der Waals surface area contributed by atoms with E-state index >= 15 is 0 Å². The number of aliphatic hydroxyl groups is 1. The van der Waals surface area contributed by atoms with Gasteiger partial charge in [0.2, 0.25) is 0 Å². The maximum Gasteiger partial charge on any atom is 0.378 e. The number of benzene rings is 1. The van der Waals surface area contributed by atoms with Crippen LogP contribution in [0.5, 0.6) is 0 Å². The van der Waals surface area contributed by atoms with Crippen molar-refractivity contribution in [3.63, 3.8) is 0 Å². The molecule has 0 aromatic heterocycles. The highest BCUT2D eigenvalue weighted by atomic mass is 35.5. The lowest BCUT2D eigenvalue weighted by molar-refractivity contribution is -0.146. The van der Waals surface area contributed by atoms with Crippen LogP contribution in [0, 0.1) is 0 Å². The summed E-state index contributed by atoms with van der Waals surface area (Å²) in [5.41, 5.74) is -0.108. The number of aliphatic hydroxyl groups excluding tert-OH is 1. The van der Waals surface area contributed by atoms with Crippen molar-refractivity contribution in [2.75, 3.05) is 0 Å². The molecule has 0 unspecified atom stereocenters. The highest BCUT2D eigenvalue weighted by Gasteiger charge is 2.24. The van der Waals surface area contributed by atoms with Crippen molar-refractivity contribution in [2.24, 2.45) is 0 Å². The van der Waals surface area contributed by atoms with Gasteiger partial charge in [-0.05, 0) is 12.1 Å². The minimum absolute atomic E-state index is 0.0432. The fourth-order valence-electron chi connectivity index (χ4n) is 1.27. The Balaban J connectivity index is 3.50. The van der Waals surface area contributed by atoms with Gasteiger partial charge in [-0.2, -0.15) is 0 Å². The molecule has 2 N–H and O–H groups in total. The number of hydrogen-bond acceptors (Lipinski definition) is 3. The second-order valence-electron chi connectivity index (χ2n) is 3.67. The molecule has 0 saturated carbocycles. The molecular weight excluding hydrogens is 421 g/mol. The number of carboxylic acids is 1. The highest BCUT2D eigenvalue weighted by Crippen LogP contribution is 2.38. The molecule has 1 aromatic carbocycles. The molecule has 0 heterocycles. The van der Waals surface area contributed by atoms with Gasteiger partial charge in [-0.15, -0.1) is 0 Å². The lowest BCUT2D eigenvalue weighted by Crippen LogP contribution is -2.13. The van der Waals surface area contributed by atoms with Gasteiger partial charge in [0.1, 0.15) is 15.8 Å². The Kier molecular flexibility index (Phi) is 6.86. The first-order valence-corrected chi connectivity index (χ1v) is 7.41. The quantitative estimate of drug-likeness (QED) is 0.291. The molecule has 10 heteroatoms. The summed E-state index contributed by atoms with van der Waals surface area (Å²) in [5.74, 6) is -4.03. The van der Waals surface area contributed by atoms with Crippen molar-refractivity contribution in [1.29, 1.82) is 0 Å². The lowest BCUT2D eigenvalue weighted by atomic mass is 10.1. The number of carbonyl (C=O) groups is 2. The van der Waals surface area contributed by atoms with Crippen LogP contribution < -0.4 is 0 Å². The van der Waals surface area contributed by atoms with Gasteiger partial charge in [0.15, 0.2) is 0 Å².